The maximum Gasteiger partial charge on any atom is 0.325 e. The van der Waals surface area contributed by atoms with Gasteiger partial charge in [-0.3, -0.25) is 14.4 Å². The summed E-state index contributed by atoms with van der Waals surface area (Å²) >= 11 is 0. The quantitative estimate of drug-likeness (QED) is 0.657. The third-order valence-corrected chi connectivity index (χ3v) is 2.72. The van der Waals surface area contributed by atoms with Gasteiger partial charge in [-0.25, -0.2) is 0 Å². The smallest absolute Gasteiger partial charge is 0.325 e. The zero-order chi connectivity index (χ0) is 15.1. The van der Waals surface area contributed by atoms with Crippen LogP contribution in [-0.4, -0.2) is 42.9 Å². The molecule has 0 heterocycles. The van der Waals surface area contributed by atoms with E-state index in [-0.39, 0.29) is 13.1 Å². The third-order valence-electron chi connectivity index (χ3n) is 2.72. The van der Waals surface area contributed by atoms with Crippen molar-refractivity contribution in [3.8, 4) is 0 Å². The minimum atomic E-state index is -0.778. The zero-order valence-corrected chi connectivity index (χ0v) is 11.8. The van der Waals surface area contributed by atoms with E-state index >= 15 is 0 Å². The summed E-state index contributed by atoms with van der Waals surface area (Å²) in [5.74, 6) is -2.11. The van der Waals surface area contributed by atoms with Gasteiger partial charge in [-0.2, -0.15) is 0 Å². The molecule has 0 aromatic heterocycles. The lowest BCUT2D eigenvalue weighted by Crippen LogP contribution is -2.42. The molecule has 0 bridgehead atoms. The Balaban J connectivity index is 2.67. The van der Waals surface area contributed by atoms with Crippen molar-refractivity contribution in [3.05, 3.63) is 29.8 Å². The van der Waals surface area contributed by atoms with Crippen LogP contribution in [0.15, 0.2) is 24.3 Å². The maximum absolute atomic E-state index is 11.9. The molecule has 1 aromatic carbocycles. The monoisotopic (exact) mass is 278 g/mol. The van der Waals surface area contributed by atoms with Crippen molar-refractivity contribution in [3.63, 3.8) is 0 Å². The Morgan fingerprint density at radius 3 is 2.30 bits per heavy atom. The summed E-state index contributed by atoms with van der Waals surface area (Å²) in [6.45, 7) is 3.61. The second-order valence-corrected chi connectivity index (χ2v) is 4.22. The van der Waals surface area contributed by atoms with Gasteiger partial charge < -0.3 is 15.0 Å². The predicted octanol–water partition coefficient (Wildman–Crippen LogP) is 0.955. The molecule has 20 heavy (non-hydrogen) atoms. The van der Waals surface area contributed by atoms with Gasteiger partial charge in [-0.05, 0) is 26.0 Å². The van der Waals surface area contributed by atoms with Gasteiger partial charge in [0.2, 0.25) is 0 Å². The highest BCUT2D eigenvalue weighted by Crippen LogP contribution is 2.08. The van der Waals surface area contributed by atoms with E-state index in [1.165, 1.54) is 7.11 Å². The molecule has 0 aliphatic carbocycles. The average molecular weight is 278 g/mol. The summed E-state index contributed by atoms with van der Waals surface area (Å²) < 4.78 is 4.48. The van der Waals surface area contributed by atoms with Crippen molar-refractivity contribution in [1.29, 1.82) is 0 Å². The SMILES string of the molecule is CCN(CC(=O)OC)C(=O)C(=O)Nc1ccc(C)cc1. The Bertz CT molecular complexity index is 496. The molecule has 108 valence electrons. The first-order valence-corrected chi connectivity index (χ1v) is 6.21. The van der Waals surface area contributed by atoms with Crippen LogP contribution in [-0.2, 0) is 19.1 Å². The number of carbonyl (C=O) groups excluding carboxylic acids is 3. The number of methoxy groups -OCH3 is 1. The fourth-order valence-electron chi connectivity index (χ4n) is 1.51. The molecule has 6 heteroatoms. The van der Waals surface area contributed by atoms with Crippen molar-refractivity contribution < 1.29 is 19.1 Å². The number of rotatable bonds is 4. The Hall–Kier alpha value is -2.37. The van der Waals surface area contributed by atoms with Crippen LogP contribution >= 0.6 is 0 Å². The molecule has 0 radical (unpaired) electrons. The number of esters is 1. The van der Waals surface area contributed by atoms with E-state index in [1.807, 2.05) is 19.1 Å². The Morgan fingerprint density at radius 2 is 1.80 bits per heavy atom. The summed E-state index contributed by atoms with van der Waals surface area (Å²) in [7, 11) is 1.23. The van der Waals surface area contributed by atoms with E-state index in [0.29, 0.717) is 5.69 Å². The second-order valence-electron chi connectivity index (χ2n) is 4.22. The van der Waals surface area contributed by atoms with Gasteiger partial charge in [0, 0.05) is 12.2 Å². The maximum atomic E-state index is 11.9. The van der Waals surface area contributed by atoms with Gasteiger partial charge in [0.1, 0.15) is 6.54 Å². The Kier molecular flexibility index (Phi) is 5.71. The van der Waals surface area contributed by atoms with Gasteiger partial charge in [-0.15, -0.1) is 0 Å². The van der Waals surface area contributed by atoms with Gasteiger partial charge in [0.15, 0.2) is 0 Å². The van der Waals surface area contributed by atoms with E-state index in [9.17, 15) is 14.4 Å². The minimum Gasteiger partial charge on any atom is -0.468 e. The fraction of sp³-hybridized carbons (Fsp3) is 0.357. The standard InChI is InChI=1S/C14H18N2O4/c1-4-16(9-12(17)20-3)14(19)13(18)15-11-7-5-10(2)6-8-11/h5-8H,4,9H2,1-3H3,(H,15,18). The highest BCUT2D eigenvalue weighted by molar-refractivity contribution is 6.39. The highest BCUT2D eigenvalue weighted by Gasteiger charge is 2.22. The van der Waals surface area contributed by atoms with Crippen molar-refractivity contribution >= 4 is 23.5 Å². The highest BCUT2D eigenvalue weighted by atomic mass is 16.5. The van der Waals surface area contributed by atoms with E-state index in [4.69, 9.17) is 0 Å². The summed E-state index contributed by atoms with van der Waals surface area (Å²) in [6, 6.07) is 7.06. The van der Waals surface area contributed by atoms with Crippen LogP contribution in [0.4, 0.5) is 5.69 Å². The van der Waals surface area contributed by atoms with Crippen molar-refractivity contribution in [2.75, 3.05) is 25.5 Å². The van der Waals surface area contributed by atoms with Crippen LogP contribution in [0.2, 0.25) is 0 Å². The lowest BCUT2D eigenvalue weighted by Gasteiger charge is -2.18. The lowest BCUT2D eigenvalue weighted by molar-refractivity contribution is -0.149. The molecule has 0 saturated heterocycles. The second kappa shape index (κ2) is 7.28. The molecule has 0 saturated carbocycles. The van der Waals surface area contributed by atoms with Crippen LogP contribution in [0, 0.1) is 6.92 Å². The number of likely N-dealkylation sites (N-methyl/N-ethyl adjacent to an activating group) is 1. The molecular weight excluding hydrogens is 260 g/mol. The van der Waals surface area contributed by atoms with Crippen molar-refractivity contribution in [2.45, 2.75) is 13.8 Å². The molecule has 0 atom stereocenters. The molecule has 0 aliphatic heterocycles. The largest absolute Gasteiger partial charge is 0.468 e. The minimum absolute atomic E-state index is 0.243. The molecule has 1 rings (SSSR count). The summed E-state index contributed by atoms with van der Waals surface area (Å²) in [4.78, 5) is 36.0. The summed E-state index contributed by atoms with van der Waals surface area (Å²) in [6.07, 6.45) is 0. The molecule has 0 unspecified atom stereocenters. The molecule has 1 aromatic rings. The van der Waals surface area contributed by atoms with Crippen LogP contribution < -0.4 is 5.32 Å². The number of anilines is 1. The molecular formula is C14H18N2O4. The Morgan fingerprint density at radius 1 is 1.20 bits per heavy atom. The first-order valence-electron chi connectivity index (χ1n) is 6.21. The zero-order valence-electron chi connectivity index (χ0n) is 11.8. The topological polar surface area (TPSA) is 75.7 Å². The summed E-state index contributed by atoms with van der Waals surface area (Å²) in [5, 5.41) is 2.49. The van der Waals surface area contributed by atoms with Gasteiger partial charge >= 0.3 is 17.8 Å². The third kappa shape index (κ3) is 4.38. The van der Waals surface area contributed by atoms with Gasteiger partial charge in [0.05, 0.1) is 7.11 Å². The van der Waals surface area contributed by atoms with Crippen LogP contribution in [0.3, 0.4) is 0 Å². The van der Waals surface area contributed by atoms with Crippen LogP contribution in [0.5, 0.6) is 0 Å². The molecule has 6 nitrogen and oxygen atoms in total. The van der Waals surface area contributed by atoms with Crippen LogP contribution in [0.1, 0.15) is 12.5 Å². The number of carbonyl (C=O) groups is 3. The molecule has 2 amide bonds. The van der Waals surface area contributed by atoms with Gasteiger partial charge in [-0.1, -0.05) is 17.7 Å². The van der Waals surface area contributed by atoms with E-state index in [2.05, 4.69) is 10.1 Å². The number of ether oxygens (including phenoxy) is 1. The van der Waals surface area contributed by atoms with Crippen molar-refractivity contribution in [2.24, 2.45) is 0 Å². The number of amides is 2. The first kappa shape index (κ1) is 15.7. The number of nitrogens with one attached hydrogen (secondary N) is 1. The number of hydrogen-bond donors (Lipinski definition) is 1. The number of nitrogens with zero attached hydrogens (tertiary/aromatic N) is 1. The first-order chi connectivity index (χ1) is 9.47. The Labute approximate surface area is 117 Å². The average Bonchev–Trinajstić information content (AvgIpc) is 2.46. The molecule has 0 aliphatic rings. The number of benzene rings is 1. The lowest BCUT2D eigenvalue weighted by atomic mass is 10.2. The normalized spacial score (nSPS) is 9.75. The molecule has 1 N–H and O–H groups in total. The summed E-state index contributed by atoms with van der Waals surface area (Å²) in [5.41, 5.74) is 1.58. The van der Waals surface area contributed by atoms with Crippen molar-refractivity contribution in [1.82, 2.24) is 4.90 Å². The molecule has 0 fully saturated rings. The number of aryl methyl sites for hydroxylation is 1. The number of hydrogen-bond acceptors (Lipinski definition) is 4. The van der Waals surface area contributed by atoms with E-state index < -0.39 is 17.8 Å². The van der Waals surface area contributed by atoms with Gasteiger partial charge in [0.25, 0.3) is 0 Å². The predicted molar refractivity (Wildman–Crippen MR) is 74.1 cm³/mol. The molecule has 0 spiro atoms. The van der Waals surface area contributed by atoms with E-state index in [0.717, 1.165) is 10.5 Å². The fourth-order valence-corrected chi connectivity index (χ4v) is 1.51. The van der Waals surface area contributed by atoms with E-state index in [1.54, 1.807) is 19.1 Å². The van der Waals surface area contributed by atoms with Crippen LogP contribution in [0.25, 0.3) is 0 Å².